The van der Waals surface area contributed by atoms with Gasteiger partial charge in [0.05, 0.1) is 11.5 Å². The van der Waals surface area contributed by atoms with Crippen LogP contribution in [0.15, 0.2) is 60.7 Å². The van der Waals surface area contributed by atoms with E-state index in [0.29, 0.717) is 11.4 Å². The van der Waals surface area contributed by atoms with Gasteiger partial charge in [0.2, 0.25) is 11.8 Å². The minimum Gasteiger partial charge on any atom is -0.325 e. The molecule has 156 valence electrons. The first-order chi connectivity index (χ1) is 13.7. The van der Waals surface area contributed by atoms with E-state index in [1.54, 1.807) is 60.7 Å². The predicted molar refractivity (Wildman–Crippen MR) is 112 cm³/mol. The number of benzene rings is 2. The van der Waals surface area contributed by atoms with Crippen LogP contribution in [0.25, 0.3) is 0 Å². The summed E-state index contributed by atoms with van der Waals surface area (Å²) in [4.78, 5) is 23.7. The molecule has 2 aromatic rings. The molecular weight excluding hydrogens is 416 g/mol. The average Bonchev–Trinajstić information content (AvgIpc) is 2.61. The molecule has 29 heavy (non-hydrogen) atoms. The molecule has 0 aliphatic rings. The molecule has 0 radical (unpaired) electrons. The highest BCUT2D eigenvalue weighted by Gasteiger charge is 2.21. The van der Waals surface area contributed by atoms with Crippen molar-refractivity contribution in [2.45, 2.75) is 6.42 Å². The van der Waals surface area contributed by atoms with Crippen LogP contribution in [0.2, 0.25) is 0 Å². The lowest BCUT2D eigenvalue weighted by atomic mass is 10.3. The third-order valence-electron chi connectivity index (χ3n) is 3.73. The van der Waals surface area contributed by atoms with Gasteiger partial charge in [0.1, 0.15) is 11.5 Å². The van der Waals surface area contributed by atoms with E-state index in [4.69, 9.17) is 0 Å². The van der Waals surface area contributed by atoms with Gasteiger partial charge < -0.3 is 10.6 Å². The summed E-state index contributed by atoms with van der Waals surface area (Å²) in [7, 11) is -7.55. The molecule has 2 aromatic carbocycles. The van der Waals surface area contributed by atoms with Crippen molar-refractivity contribution in [3.05, 3.63) is 60.7 Å². The normalized spacial score (nSPS) is 11.6. The van der Waals surface area contributed by atoms with Gasteiger partial charge >= 0.3 is 0 Å². The van der Waals surface area contributed by atoms with Crippen LogP contribution in [0.4, 0.5) is 11.4 Å². The number of para-hydroxylation sites is 2. The van der Waals surface area contributed by atoms with Crippen molar-refractivity contribution in [3.63, 3.8) is 0 Å². The Bertz CT molecular complexity index is 951. The smallest absolute Gasteiger partial charge is 0.239 e. The van der Waals surface area contributed by atoms with Crippen molar-refractivity contribution in [1.29, 1.82) is 0 Å². The van der Waals surface area contributed by atoms with Gasteiger partial charge in [-0.25, -0.2) is 16.8 Å². The van der Waals surface area contributed by atoms with Crippen LogP contribution >= 0.6 is 0 Å². The fraction of sp³-hybridized carbons (Fsp3) is 0.263. The predicted octanol–water partition coefficient (Wildman–Crippen LogP) is 1.48. The van der Waals surface area contributed by atoms with Gasteiger partial charge in [0.15, 0.2) is 19.7 Å². The Morgan fingerprint density at radius 1 is 0.621 bits per heavy atom. The molecule has 2 rings (SSSR count). The van der Waals surface area contributed by atoms with Gasteiger partial charge in [-0.3, -0.25) is 9.59 Å². The summed E-state index contributed by atoms with van der Waals surface area (Å²) >= 11 is 0. The molecule has 8 nitrogen and oxygen atoms in total. The highest BCUT2D eigenvalue weighted by Crippen LogP contribution is 2.07. The standard InChI is InChI=1S/C19H22N2O6S2/c22-18(20-16-8-3-1-4-9-16)14-28(24,25)12-7-13-29(26,27)15-19(23)21-17-10-5-2-6-11-17/h1-6,8-11H,7,12-15H2,(H,20,22)(H,21,23). The molecule has 2 amide bonds. The largest absolute Gasteiger partial charge is 0.325 e. The summed E-state index contributed by atoms with van der Waals surface area (Å²) in [5.74, 6) is -3.79. The zero-order chi connectivity index (χ0) is 21.3. The fourth-order valence-electron chi connectivity index (χ4n) is 2.48. The van der Waals surface area contributed by atoms with Crippen LogP contribution in [0, 0.1) is 0 Å². The molecule has 0 aliphatic heterocycles. The number of hydrogen-bond donors (Lipinski definition) is 2. The van der Waals surface area contributed by atoms with Crippen molar-refractivity contribution in [1.82, 2.24) is 0 Å². The molecule has 0 atom stereocenters. The van der Waals surface area contributed by atoms with Crippen molar-refractivity contribution >= 4 is 42.9 Å². The second-order valence-electron chi connectivity index (χ2n) is 6.37. The third kappa shape index (κ3) is 8.88. The molecule has 0 aliphatic carbocycles. The molecule has 0 spiro atoms. The second-order valence-corrected chi connectivity index (χ2v) is 10.7. The highest BCUT2D eigenvalue weighted by molar-refractivity contribution is 7.93. The number of amides is 2. The average molecular weight is 439 g/mol. The lowest BCUT2D eigenvalue weighted by Crippen LogP contribution is -2.27. The van der Waals surface area contributed by atoms with Gasteiger partial charge in [-0.1, -0.05) is 36.4 Å². The fourth-order valence-corrected chi connectivity index (χ4v) is 5.06. The number of sulfone groups is 2. The monoisotopic (exact) mass is 438 g/mol. The Labute approximate surface area is 170 Å². The van der Waals surface area contributed by atoms with Crippen LogP contribution < -0.4 is 10.6 Å². The molecule has 10 heteroatoms. The van der Waals surface area contributed by atoms with E-state index in [9.17, 15) is 26.4 Å². The van der Waals surface area contributed by atoms with E-state index >= 15 is 0 Å². The maximum absolute atomic E-state index is 12.0. The van der Waals surface area contributed by atoms with Crippen LogP contribution in [0.3, 0.4) is 0 Å². The molecular formula is C19H22N2O6S2. The number of rotatable bonds is 10. The van der Waals surface area contributed by atoms with E-state index < -0.39 is 54.5 Å². The van der Waals surface area contributed by atoms with Crippen molar-refractivity contribution in [2.24, 2.45) is 0 Å². The number of carbonyl (C=O) groups excluding carboxylic acids is 2. The van der Waals surface area contributed by atoms with Crippen LogP contribution in [0.1, 0.15) is 6.42 Å². The number of carbonyl (C=O) groups is 2. The molecule has 0 saturated carbocycles. The minimum absolute atomic E-state index is 0.193. The summed E-state index contributed by atoms with van der Waals surface area (Å²) in [6.07, 6.45) is -0.193. The van der Waals surface area contributed by atoms with Crippen LogP contribution in [0.5, 0.6) is 0 Å². The molecule has 2 N–H and O–H groups in total. The number of anilines is 2. The van der Waals surface area contributed by atoms with Crippen molar-refractivity contribution in [2.75, 3.05) is 33.6 Å². The maximum Gasteiger partial charge on any atom is 0.239 e. The lowest BCUT2D eigenvalue weighted by Gasteiger charge is -2.08. The first kappa shape index (κ1) is 22.6. The molecule has 0 unspecified atom stereocenters. The summed E-state index contributed by atoms with van der Waals surface area (Å²) in [6.45, 7) is 0. The van der Waals surface area contributed by atoms with Crippen molar-refractivity contribution < 1.29 is 26.4 Å². The van der Waals surface area contributed by atoms with E-state index in [1.807, 2.05) is 0 Å². The Hall–Kier alpha value is -2.72. The van der Waals surface area contributed by atoms with E-state index in [1.165, 1.54) is 0 Å². The number of nitrogens with one attached hydrogen (secondary N) is 2. The Morgan fingerprint density at radius 3 is 1.31 bits per heavy atom. The summed E-state index contributed by atoms with van der Waals surface area (Å²) in [5.41, 5.74) is 0.944. The Balaban J connectivity index is 1.77. The van der Waals surface area contributed by atoms with E-state index in [-0.39, 0.29) is 6.42 Å². The van der Waals surface area contributed by atoms with Gasteiger partial charge in [0.25, 0.3) is 0 Å². The zero-order valence-corrected chi connectivity index (χ0v) is 17.2. The third-order valence-corrected chi connectivity index (χ3v) is 6.95. The molecule has 0 bridgehead atoms. The van der Waals surface area contributed by atoms with E-state index in [2.05, 4.69) is 10.6 Å². The Morgan fingerprint density at radius 2 is 0.966 bits per heavy atom. The number of hydrogen-bond acceptors (Lipinski definition) is 6. The summed E-state index contributed by atoms with van der Waals surface area (Å²) in [6, 6.07) is 16.8. The van der Waals surface area contributed by atoms with Crippen molar-refractivity contribution in [3.8, 4) is 0 Å². The van der Waals surface area contributed by atoms with Gasteiger partial charge in [-0.15, -0.1) is 0 Å². The maximum atomic E-state index is 12.0. The van der Waals surface area contributed by atoms with Gasteiger partial charge in [0, 0.05) is 11.4 Å². The zero-order valence-electron chi connectivity index (χ0n) is 15.6. The highest BCUT2D eigenvalue weighted by atomic mass is 32.2. The first-order valence-corrected chi connectivity index (χ1v) is 12.4. The van der Waals surface area contributed by atoms with Gasteiger partial charge in [-0.2, -0.15) is 0 Å². The lowest BCUT2D eigenvalue weighted by molar-refractivity contribution is -0.114. The molecule has 0 aromatic heterocycles. The van der Waals surface area contributed by atoms with Gasteiger partial charge in [-0.05, 0) is 30.7 Å². The topological polar surface area (TPSA) is 126 Å². The first-order valence-electron chi connectivity index (χ1n) is 8.76. The second kappa shape index (κ2) is 10.2. The summed E-state index contributed by atoms with van der Waals surface area (Å²) < 4.78 is 48.2. The van der Waals surface area contributed by atoms with E-state index in [0.717, 1.165) is 0 Å². The quantitative estimate of drug-likeness (QED) is 0.579. The summed E-state index contributed by atoms with van der Waals surface area (Å²) in [5, 5.41) is 4.93. The van der Waals surface area contributed by atoms with Crippen LogP contribution in [-0.2, 0) is 29.3 Å². The minimum atomic E-state index is -3.78. The molecule has 0 heterocycles. The Kier molecular flexibility index (Phi) is 7.91. The van der Waals surface area contributed by atoms with Crippen LogP contribution in [-0.4, -0.2) is 51.7 Å². The molecule has 0 fully saturated rings. The SMILES string of the molecule is O=C(CS(=O)(=O)CCCS(=O)(=O)CC(=O)Nc1ccccc1)Nc1ccccc1. The molecule has 0 saturated heterocycles.